The van der Waals surface area contributed by atoms with Crippen LogP contribution in [0.3, 0.4) is 0 Å². The lowest BCUT2D eigenvalue weighted by Crippen LogP contribution is -2.35. The second-order valence-corrected chi connectivity index (χ2v) is 4.93. The molecule has 0 aliphatic heterocycles. The predicted octanol–water partition coefficient (Wildman–Crippen LogP) is 2.69. The van der Waals surface area contributed by atoms with Crippen molar-refractivity contribution in [2.24, 2.45) is 0 Å². The first kappa shape index (κ1) is 15.0. The Labute approximate surface area is 114 Å². The summed E-state index contributed by atoms with van der Waals surface area (Å²) in [5, 5.41) is 3.59. The Morgan fingerprint density at radius 1 is 1.44 bits per heavy atom. The lowest BCUT2D eigenvalue weighted by atomic mass is 10.2. The van der Waals surface area contributed by atoms with Gasteiger partial charge in [0.05, 0.1) is 6.54 Å². The van der Waals surface area contributed by atoms with E-state index in [2.05, 4.69) is 12.2 Å². The molecule has 1 aromatic rings. The average molecular weight is 269 g/mol. The first-order valence-corrected chi connectivity index (χ1v) is 6.69. The molecular formula is C14H21ClN2O. The summed E-state index contributed by atoms with van der Waals surface area (Å²) in [6, 6.07) is 7.53. The van der Waals surface area contributed by atoms with Crippen LogP contribution in [0.15, 0.2) is 24.3 Å². The van der Waals surface area contributed by atoms with Crippen LogP contribution in [-0.4, -0.2) is 30.9 Å². The van der Waals surface area contributed by atoms with Gasteiger partial charge in [-0.25, -0.2) is 0 Å². The second kappa shape index (κ2) is 8.11. The molecule has 0 aliphatic carbocycles. The molecule has 4 heteroatoms. The molecule has 18 heavy (non-hydrogen) atoms. The molecule has 0 saturated heterocycles. The van der Waals surface area contributed by atoms with Crippen LogP contribution in [0.1, 0.15) is 25.3 Å². The van der Waals surface area contributed by atoms with Crippen LogP contribution in [0.4, 0.5) is 0 Å². The normalized spacial score (nSPS) is 10.7. The molecule has 3 nitrogen and oxygen atoms in total. The van der Waals surface area contributed by atoms with Crippen molar-refractivity contribution in [2.45, 2.75) is 26.3 Å². The van der Waals surface area contributed by atoms with Crippen LogP contribution < -0.4 is 5.32 Å². The summed E-state index contributed by atoms with van der Waals surface area (Å²) in [5.74, 6) is 0.0496. The fourth-order valence-electron chi connectivity index (χ4n) is 1.66. The number of hydrogen-bond acceptors (Lipinski definition) is 2. The topological polar surface area (TPSA) is 32.3 Å². The van der Waals surface area contributed by atoms with Crippen molar-refractivity contribution in [3.63, 3.8) is 0 Å². The second-order valence-electron chi connectivity index (χ2n) is 4.50. The number of carbonyl (C=O) groups is 1. The van der Waals surface area contributed by atoms with Crippen molar-refractivity contribution < 1.29 is 4.79 Å². The zero-order valence-electron chi connectivity index (χ0n) is 11.1. The summed E-state index contributed by atoms with van der Waals surface area (Å²) in [6.45, 7) is 4.08. The zero-order chi connectivity index (χ0) is 13.4. The molecule has 0 spiro atoms. The van der Waals surface area contributed by atoms with E-state index < -0.39 is 0 Å². The van der Waals surface area contributed by atoms with Crippen LogP contribution in [-0.2, 0) is 11.3 Å². The Morgan fingerprint density at radius 3 is 2.89 bits per heavy atom. The number of unbranched alkanes of at least 4 members (excludes halogenated alkanes) is 1. The number of nitrogens with zero attached hydrogens (tertiary/aromatic N) is 1. The molecule has 0 atom stereocenters. The Bertz CT molecular complexity index is 382. The quantitative estimate of drug-likeness (QED) is 0.825. The van der Waals surface area contributed by atoms with Gasteiger partial charge in [0, 0.05) is 11.6 Å². The van der Waals surface area contributed by atoms with Gasteiger partial charge >= 0.3 is 0 Å². The molecule has 0 aliphatic rings. The van der Waals surface area contributed by atoms with Gasteiger partial charge in [-0.2, -0.15) is 0 Å². The number of hydrogen-bond donors (Lipinski definition) is 1. The maximum absolute atomic E-state index is 11.7. The Hall–Kier alpha value is -1.06. The third-order valence-corrected chi connectivity index (χ3v) is 2.92. The van der Waals surface area contributed by atoms with E-state index in [9.17, 15) is 4.79 Å². The number of halogens is 1. The van der Waals surface area contributed by atoms with Gasteiger partial charge in [0.2, 0.25) is 5.91 Å². The Morgan fingerprint density at radius 2 is 2.22 bits per heavy atom. The summed E-state index contributed by atoms with van der Waals surface area (Å²) >= 11 is 5.88. The zero-order valence-corrected chi connectivity index (χ0v) is 11.8. The minimum absolute atomic E-state index is 0.0496. The molecule has 0 radical (unpaired) electrons. The first-order chi connectivity index (χ1) is 8.61. The standard InChI is InChI=1S/C14H21ClN2O/c1-3-4-8-17(2)11-14(18)16-10-12-6-5-7-13(15)9-12/h5-7,9H,3-4,8,10-11H2,1-2H3,(H,16,18). The highest BCUT2D eigenvalue weighted by molar-refractivity contribution is 6.30. The van der Waals surface area contributed by atoms with E-state index in [1.807, 2.05) is 36.2 Å². The van der Waals surface area contributed by atoms with E-state index in [0.717, 1.165) is 24.9 Å². The SMILES string of the molecule is CCCCN(C)CC(=O)NCc1cccc(Cl)c1. The van der Waals surface area contributed by atoms with Crippen molar-refractivity contribution in [1.29, 1.82) is 0 Å². The maximum atomic E-state index is 11.7. The summed E-state index contributed by atoms with van der Waals surface area (Å²) in [5.41, 5.74) is 1.02. The lowest BCUT2D eigenvalue weighted by Gasteiger charge is -2.15. The molecule has 1 rings (SSSR count). The summed E-state index contributed by atoms with van der Waals surface area (Å²) < 4.78 is 0. The summed E-state index contributed by atoms with van der Waals surface area (Å²) in [6.07, 6.45) is 2.27. The monoisotopic (exact) mass is 268 g/mol. The molecule has 0 fully saturated rings. The fourth-order valence-corrected chi connectivity index (χ4v) is 1.87. The van der Waals surface area contributed by atoms with Gasteiger partial charge in [0.15, 0.2) is 0 Å². The van der Waals surface area contributed by atoms with E-state index in [1.54, 1.807) is 0 Å². The van der Waals surface area contributed by atoms with Crippen molar-refractivity contribution >= 4 is 17.5 Å². The number of likely N-dealkylation sites (N-methyl/N-ethyl adjacent to an activating group) is 1. The van der Waals surface area contributed by atoms with E-state index >= 15 is 0 Å². The van der Waals surface area contributed by atoms with Gasteiger partial charge in [0.1, 0.15) is 0 Å². The van der Waals surface area contributed by atoms with Crippen LogP contribution in [0.5, 0.6) is 0 Å². The summed E-state index contributed by atoms with van der Waals surface area (Å²) in [4.78, 5) is 13.7. The molecular weight excluding hydrogens is 248 g/mol. The highest BCUT2D eigenvalue weighted by Crippen LogP contribution is 2.10. The molecule has 0 unspecified atom stereocenters. The molecule has 0 saturated carbocycles. The molecule has 0 heterocycles. The molecule has 1 N–H and O–H groups in total. The average Bonchev–Trinajstić information content (AvgIpc) is 2.34. The van der Waals surface area contributed by atoms with Gasteiger partial charge in [0.25, 0.3) is 0 Å². The van der Waals surface area contributed by atoms with E-state index in [0.29, 0.717) is 18.1 Å². The van der Waals surface area contributed by atoms with E-state index in [1.165, 1.54) is 0 Å². The number of amides is 1. The van der Waals surface area contributed by atoms with Gasteiger partial charge in [-0.1, -0.05) is 37.1 Å². The van der Waals surface area contributed by atoms with Crippen molar-refractivity contribution in [3.05, 3.63) is 34.9 Å². The van der Waals surface area contributed by atoms with Crippen molar-refractivity contribution in [3.8, 4) is 0 Å². The van der Waals surface area contributed by atoms with Gasteiger partial charge in [-0.15, -0.1) is 0 Å². The molecule has 100 valence electrons. The lowest BCUT2D eigenvalue weighted by molar-refractivity contribution is -0.122. The molecule has 0 aromatic heterocycles. The fraction of sp³-hybridized carbons (Fsp3) is 0.500. The molecule has 1 aromatic carbocycles. The summed E-state index contributed by atoms with van der Waals surface area (Å²) in [7, 11) is 1.97. The van der Waals surface area contributed by atoms with Crippen molar-refractivity contribution in [1.82, 2.24) is 10.2 Å². The number of benzene rings is 1. The van der Waals surface area contributed by atoms with E-state index in [4.69, 9.17) is 11.6 Å². The van der Waals surface area contributed by atoms with E-state index in [-0.39, 0.29) is 5.91 Å². The van der Waals surface area contributed by atoms with Crippen LogP contribution in [0.2, 0.25) is 5.02 Å². The Balaban J connectivity index is 2.28. The van der Waals surface area contributed by atoms with Crippen LogP contribution in [0.25, 0.3) is 0 Å². The third kappa shape index (κ3) is 6.03. The molecule has 0 bridgehead atoms. The molecule has 1 amide bonds. The van der Waals surface area contributed by atoms with Crippen molar-refractivity contribution in [2.75, 3.05) is 20.1 Å². The number of nitrogens with one attached hydrogen (secondary N) is 1. The van der Waals surface area contributed by atoms with Gasteiger partial charge < -0.3 is 5.32 Å². The largest absolute Gasteiger partial charge is 0.351 e. The minimum Gasteiger partial charge on any atom is -0.351 e. The maximum Gasteiger partial charge on any atom is 0.234 e. The Kier molecular flexibility index (Phi) is 6.76. The van der Waals surface area contributed by atoms with Crippen LogP contribution >= 0.6 is 11.6 Å². The number of carbonyl (C=O) groups excluding carboxylic acids is 1. The smallest absolute Gasteiger partial charge is 0.234 e. The van der Waals surface area contributed by atoms with Crippen LogP contribution in [0, 0.1) is 0 Å². The third-order valence-electron chi connectivity index (χ3n) is 2.69. The van der Waals surface area contributed by atoms with Gasteiger partial charge in [-0.3, -0.25) is 9.69 Å². The number of rotatable bonds is 7. The van der Waals surface area contributed by atoms with Gasteiger partial charge in [-0.05, 0) is 37.7 Å². The predicted molar refractivity (Wildman–Crippen MR) is 75.7 cm³/mol. The highest BCUT2D eigenvalue weighted by Gasteiger charge is 2.05. The highest BCUT2D eigenvalue weighted by atomic mass is 35.5. The minimum atomic E-state index is 0.0496. The first-order valence-electron chi connectivity index (χ1n) is 6.31.